The van der Waals surface area contributed by atoms with Crippen molar-refractivity contribution >= 4 is 68.9 Å². The second-order valence-electron chi connectivity index (χ2n) is 9.91. The Morgan fingerprint density at radius 1 is 1.02 bits per heavy atom. The molecule has 7 nitrogen and oxygen atoms in total. The van der Waals surface area contributed by atoms with Crippen LogP contribution in [0.25, 0.3) is 6.08 Å². The number of carbonyl (C=O) groups is 3. The predicted octanol–water partition coefficient (Wildman–Crippen LogP) is 7.48. The maximum Gasteiger partial charge on any atom is 0.272 e. The summed E-state index contributed by atoms with van der Waals surface area (Å²) >= 11 is 4.38. The molecule has 0 fully saturated rings. The molecule has 0 bridgehead atoms. The second-order valence-corrected chi connectivity index (χ2v) is 13.3. The van der Waals surface area contributed by atoms with E-state index in [-0.39, 0.29) is 17.5 Å². The third-order valence-corrected chi connectivity index (χ3v) is 10.3. The Kier molecular flexibility index (Phi) is 10.1. The summed E-state index contributed by atoms with van der Waals surface area (Å²) in [7, 11) is 0. The number of amides is 3. The summed E-state index contributed by atoms with van der Waals surface area (Å²) in [6, 6.07) is 22.0. The zero-order valence-electron chi connectivity index (χ0n) is 23.5. The Morgan fingerprint density at radius 2 is 1.84 bits per heavy atom. The van der Waals surface area contributed by atoms with Gasteiger partial charge in [-0.2, -0.15) is 5.26 Å². The maximum atomic E-state index is 13.4. The topological polar surface area (TPSA) is 111 Å². The number of nitrogens with zero attached hydrogens (tertiary/aromatic N) is 1. The van der Waals surface area contributed by atoms with Crippen LogP contribution in [0.15, 0.2) is 82.7 Å². The van der Waals surface area contributed by atoms with E-state index in [1.165, 1.54) is 39.3 Å². The Morgan fingerprint density at radius 3 is 2.58 bits per heavy atom. The molecule has 5 rings (SSSR count). The van der Waals surface area contributed by atoms with Crippen molar-refractivity contribution < 1.29 is 14.4 Å². The second kappa shape index (κ2) is 14.3. The van der Waals surface area contributed by atoms with Crippen LogP contribution >= 0.6 is 34.4 Å². The van der Waals surface area contributed by atoms with Crippen molar-refractivity contribution in [3.05, 3.63) is 104 Å². The van der Waals surface area contributed by atoms with Crippen LogP contribution in [0.2, 0.25) is 0 Å². The van der Waals surface area contributed by atoms with Gasteiger partial charge in [-0.25, -0.2) is 0 Å². The van der Waals surface area contributed by atoms with E-state index in [1.807, 2.05) is 48.7 Å². The van der Waals surface area contributed by atoms with Gasteiger partial charge in [0.15, 0.2) is 0 Å². The highest BCUT2D eigenvalue weighted by Crippen LogP contribution is 2.38. The lowest BCUT2D eigenvalue weighted by atomic mass is 9.96. The molecular formula is C33H30N4O3S3. The Labute approximate surface area is 263 Å². The number of aryl methyl sites for hydroxylation is 1. The minimum Gasteiger partial charge on any atom is -0.321 e. The number of benzene rings is 2. The lowest BCUT2D eigenvalue weighted by Gasteiger charge is -2.15. The van der Waals surface area contributed by atoms with Crippen molar-refractivity contribution in [2.45, 2.75) is 49.2 Å². The van der Waals surface area contributed by atoms with E-state index in [0.29, 0.717) is 28.2 Å². The summed E-state index contributed by atoms with van der Waals surface area (Å²) in [4.78, 5) is 42.4. The summed E-state index contributed by atoms with van der Waals surface area (Å²) in [6.45, 7) is 1.95. The van der Waals surface area contributed by atoms with E-state index < -0.39 is 11.2 Å². The third-order valence-electron chi connectivity index (χ3n) is 6.91. The Balaban J connectivity index is 1.28. The van der Waals surface area contributed by atoms with E-state index >= 15 is 0 Å². The van der Waals surface area contributed by atoms with Crippen LogP contribution < -0.4 is 16.0 Å². The first kappa shape index (κ1) is 30.3. The lowest BCUT2D eigenvalue weighted by Crippen LogP contribution is -2.30. The summed E-state index contributed by atoms with van der Waals surface area (Å²) in [6.07, 6.45) is 6.24. The van der Waals surface area contributed by atoms with E-state index in [2.05, 4.69) is 22.0 Å². The molecule has 2 aromatic heterocycles. The van der Waals surface area contributed by atoms with Gasteiger partial charge in [0, 0.05) is 25.9 Å². The van der Waals surface area contributed by atoms with Crippen molar-refractivity contribution in [3.8, 4) is 6.07 Å². The molecule has 3 N–H and O–H groups in total. The van der Waals surface area contributed by atoms with E-state index in [9.17, 15) is 19.6 Å². The Hall–Kier alpha value is -4.17. The van der Waals surface area contributed by atoms with Crippen LogP contribution in [-0.4, -0.2) is 23.0 Å². The first-order valence-corrected chi connectivity index (χ1v) is 16.6. The van der Waals surface area contributed by atoms with Gasteiger partial charge < -0.3 is 16.0 Å². The zero-order chi connectivity index (χ0) is 30.2. The molecule has 43 heavy (non-hydrogen) atoms. The molecular weight excluding hydrogens is 597 g/mol. The fourth-order valence-corrected chi connectivity index (χ4v) is 7.67. The first-order valence-electron chi connectivity index (χ1n) is 14.0. The number of fused-ring (bicyclic) bond motifs is 1. The number of nitrogens with one attached hydrogen (secondary N) is 3. The van der Waals surface area contributed by atoms with Crippen molar-refractivity contribution in [1.29, 1.82) is 5.26 Å². The number of nitriles is 1. The smallest absolute Gasteiger partial charge is 0.272 e. The van der Waals surface area contributed by atoms with Crippen molar-refractivity contribution in [1.82, 2.24) is 5.32 Å². The van der Waals surface area contributed by atoms with Gasteiger partial charge >= 0.3 is 0 Å². The molecule has 1 aliphatic rings. The summed E-state index contributed by atoms with van der Waals surface area (Å²) < 4.78 is 0. The largest absolute Gasteiger partial charge is 0.321 e. The highest BCUT2D eigenvalue weighted by atomic mass is 32.2. The molecule has 2 aromatic carbocycles. The number of thiophene rings is 2. The summed E-state index contributed by atoms with van der Waals surface area (Å²) in [5, 5.41) is 20.6. The average molecular weight is 627 g/mol. The lowest BCUT2D eigenvalue weighted by molar-refractivity contribution is -0.116. The zero-order valence-corrected chi connectivity index (χ0v) is 26.0. The van der Waals surface area contributed by atoms with Gasteiger partial charge in [0.1, 0.15) is 16.8 Å². The van der Waals surface area contributed by atoms with Crippen molar-refractivity contribution in [3.63, 3.8) is 0 Å². The van der Waals surface area contributed by atoms with E-state index in [0.717, 1.165) is 41.0 Å². The van der Waals surface area contributed by atoms with Gasteiger partial charge in [-0.05, 0) is 85.5 Å². The fraction of sp³-hybridized carbons (Fsp3) is 0.212. The monoisotopic (exact) mass is 626 g/mol. The van der Waals surface area contributed by atoms with Crippen LogP contribution in [-0.2, 0) is 22.4 Å². The number of anilines is 2. The van der Waals surface area contributed by atoms with E-state index in [4.69, 9.17) is 0 Å². The molecule has 2 heterocycles. The van der Waals surface area contributed by atoms with Crippen LogP contribution in [0.4, 0.5) is 10.7 Å². The number of hydrogen-bond donors (Lipinski definition) is 3. The highest BCUT2D eigenvalue weighted by Gasteiger charge is 2.25. The minimum absolute atomic E-state index is 0.118. The van der Waals surface area contributed by atoms with Gasteiger partial charge in [0.2, 0.25) is 5.91 Å². The normalized spacial score (nSPS) is 13.3. The quantitative estimate of drug-likeness (QED) is 0.125. The first-order chi connectivity index (χ1) is 20.9. The predicted molar refractivity (Wildman–Crippen MR) is 176 cm³/mol. The van der Waals surface area contributed by atoms with Crippen LogP contribution in [0.3, 0.4) is 0 Å². The van der Waals surface area contributed by atoms with Gasteiger partial charge in [-0.1, -0.05) is 37.3 Å². The van der Waals surface area contributed by atoms with Gasteiger partial charge in [0.25, 0.3) is 11.8 Å². The number of rotatable bonds is 10. The number of thioether (sulfide) groups is 1. The third kappa shape index (κ3) is 7.62. The fourth-order valence-electron chi connectivity index (χ4n) is 4.75. The van der Waals surface area contributed by atoms with Crippen molar-refractivity contribution in [2.24, 2.45) is 0 Å². The molecule has 0 spiro atoms. The molecule has 4 aromatic rings. The molecule has 1 atom stereocenters. The SMILES string of the molecule is CCC(Sc1cccc(NC(=O)/C(=C/c2cccs2)NC(=O)c2ccccc2)c1)C(=O)Nc1sc2c(c1C#N)CCCC2. The van der Waals surface area contributed by atoms with Crippen LogP contribution in [0.5, 0.6) is 0 Å². The molecule has 1 aliphatic carbocycles. The number of carbonyl (C=O) groups excluding carboxylic acids is 3. The molecule has 0 aliphatic heterocycles. The van der Waals surface area contributed by atoms with Crippen molar-refractivity contribution in [2.75, 3.05) is 10.6 Å². The molecule has 0 saturated heterocycles. The standard InChI is InChI=1S/C33H30N4O3S3/c1-2-28(32(40)37-33-26(20-34)25-15-6-7-16-29(25)43-33)42-24-13-8-12-22(18-24)35-31(39)27(19-23-14-9-17-41-23)36-30(38)21-10-4-3-5-11-21/h3-5,8-14,17-19,28H,2,6-7,15-16H2,1H3,(H,35,39)(H,36,38)(H,37,40)/b27-19-. The molecule has 10 heteroatoms. The molecule has 3 amide bonds. The average Bonchev–Trinajstić information content (AvgIpc) is 3.67. The summed E-state index contributed by atoms with van der Waals surface area (Å²) in [5.41, 5.74) is 2.79. The molecule has 218 valence electrons. The highest BCUT2D eigenvalue weighted by molar-refractivity contribution is 8.00. The van der Waals surface area contributed by atoms with Gasteiger partial charge in [0.05, 0.1) is 10.8 Å². The minimum atomic E-state index is -0.463. The Bertz CT molecular complexity index is 1690. The molecule has 0 saturated carbocycles. The van der Waals surface area contributed by atoms with Crippen LogP contribution in [0, 0.1) is 11.3 Å². The number of hydrogen-bond acceptors (Lipinski definition) is 7. The van der Waals surface area contributed by atoms with Crippen LogP contribution in [0.1, 0.15) is 57.4 Å². The van der Waals surface area contributed by atoms with E-state index in [1.54, 1.807) is 36.4 Å². The molecule has 1 unspecified atom stereocenters. The molecule has 0 radical (unpaired) electrons. The maximum absolute atomic E-state index is 13.4. The summed E-state index contributed by atoms with van der Waals surface area (Å²) in [5.74, 6) is -0.997. The van der Waals surface area contributed by atoms with Gasteiger partial charge in [-0.3, -0.25) is 14.4 Å². The van der Waals surface area contributed by atoms with Gasteiger partial charge in [-0.15, -0.1) is 34.4 Å².